The minimum absolute atomic E-state index is 0.583. The van der Waals surface area contributed by atoms with Crippen LogP contribution < -0.4 is 10.2 Å². The van der Waals surface area contributed by atoms with Crippen LogP contribution in [0.1, 0.15) is 24.0 Å². The molecule has 0 aliphatic carbocycles. The Hall–Kier alpha value is -2.81. The number of hydrogen-bond donors (Lipinski definition) is 1. The molecule has 0 bridgehead atoms. The number of aromatic nitrogens is 1. The van der Waals surface area contributed by atoms with Crippen LogP contribution >= 0.6 is 11.6 Å². The van der Waals surface area contributed by atoms with Crippen molar-refractivity contribution < 1.29 is 0 Å². The zero-order valence-corrected chi connectivity index (χ0v) is 18.2. The number of anilines is 2. The summed E-state index contributed by atoms with van der Waals surface area (Å²) in [5.41, 5.74) is 3.61. The Kier molecular flexibility index (Phi) is 6.08. The van der Waals surface area contributed by atoms with E-state index in [4.69, 9.17) is 16.6 Å². The lowest BCUT2D eigenvalue weighted by Crippen LogP contribution is -2.42. The normalized spacial score (nSPS) is 14.8. The second-order valence-electron chi connectivity index (χ2n) is 7.97. The number of piperidine rings is 1. The Balaban J connectivity index is 1.69. The third kappa shape index (κ3) is 4.21. The van der Waals surface area contributed by atoms with Gasteiger partial charge < -0.3 is 15.1 Å². The molecule has 0 amide bonds. The van der Waals surface area contributed by atoms with E-state index in [1.807, 2.05) is 42.5 Å². The van der Waals surface area contributed by atoms with E-state index in [-0.39, 0.29) is 0 Å². The first kappa shape index (κ1) is 20.5. The van der Waals surface area contributed by atoms with E-state index < -0.39 is 0 Å². The Labute approximate surface area is 182 Å². The standard InChI is InChI=1S/C24H26ClN5/c1-29(2)19-11-13-30(14-12-19)23-20-5-3-4-6-22(20)28-24(21(23)15-26)27-16-17-7-9-18(25)10-8-17/h3-10,19H,11-14,16H2,1-2H3,(H,27,28). The van der Waals surface area contributed by atoms with Gasteiger partial charge in [-0.15, -0.1) is 0 Å². The fourth-order valence-corrected chi connectivity index (χ4v) is 4.28. The molecule has 3 aromatic rings. The summed E-state index contributed by atoms with van der Waals surface area (Å²) in [4.78, 5) is 9.44. The zero-order valence-electron chi connectivity index (χ0n) is 17.4. The average molecular weight is 420 g/mol. The summed E-state index contributed by atoms with van der Waals surface area (Å²) in [6.45, 7) is 2.45. The number of para-hydroxylation sites is 1. The van der Waals surface area contributed by atoms with Gasteiger partial charge in [0.1, 0.15) is 17.5 Å². The molecule has 5 nitrogen and oxygen atoms in total. The molecule has 1 fully saturated rings. The third-order valence-electron chi connectivity index (χ3n) is 5.86. The van der Waals surface area contributed by atoms with Gasteiger partial charge in [-0.2, -0.15) is 5.26 Å². The zero-order chi connectivity index (χ0) is 21.1. The SMILES string of the molecule is CN(C)C1CCN(c2c(C#N)c(NCc3ccc(Cl)cc3)nc3ccccc23)CC1. The van der Waals surface area contributed by atoms with E-state index in [1.54, 1.807) is 0 Å². The monoisotopic (exact) mass is 419 g/mol. The van der Waals surface area contributed by atoms with Crippen molar-refractivity contribution in [2.24, 2.45) is 0 Å². The molecule has 0 radical (unpaired) electrons. The molecular weight excluding hydrogens is 394 g/mol. The first-order valence-corrected chi connectivity index (χ1v) is 10.7. The molecule has 6 heteroatoms. The molecule has 0 spiro atoms. The van der Waals surface area contributed by atoms with Gasteiger partial charge in [0.2, 0.25) is 0 Å². The smallest absolute Gasteiger partial charge is 0.147 e. The predicted octanol–water partition coefficient (Wildman–Crippen LogP) is 4.90. The van der Waals surface area contributed by atoms with Gasteiger partial charge >= 0.3 is 0 Å². The lowest BCUT2D eigenvalue weighted by atomic mass is 10.0. The second-order valence-corrected chi connectivity index (χ2v) is 8.41. The van der Waals surface area contributed by atoms with Gasteiger partial charge in [0, 0.05) is 36.1 Å². The number of rotatable bonds is 5. The van der Waals surface area contributed by atoms with Crippen LogP contribution in [-0.4, -0.2) is 43.1 Å². The van der Waals surface area contributed by atoms with Gasteiger partial charge in [-0.1, -0.05) is 41.9 Å². The molecule has 2 aromatic carbocycles. The number of pyridine rings is 1. The number of fused-ring (bicyclic) bond motifs is 1. The summed E-state index contributed by atoms with van der Waals surface area (Å²) < 4.78 is 0. The van der Waals surface area contributed by atoms with Crippen molar-refractivity contribution in [2.45, 2.75) is 25.4 Å². The maximum Gasteiger partial charge on any atom is 0.147 e. The molecule has 1 N–H and O–H groups in total. The summed E-state index contributed by atoms with van der Waals surface area (Å²) >= 11 is 5.99. The van der Waals surface area contributed by atoms with Crippen LogP contribution in [0.15, 0.2) is 48.5 Å². The Morgan fingerprint density at radius 1 is 1.13 bits per heavy atom. The highest BCUT2D eigenvalue weighted by Crippen LogP contribution is 2.36. The van der Waals surface area contributed by atoms with Gasteiger partial charge in [0.15, 0.2) is 0 Å². The maximum absolute atomic E-state index is 10.1. The van der Waals surface area contributed by atoms with Crippen LogP contribution in [0.3, 0.4) is 0 Å². The van der Waals surface area contributed by atoms with E-state index in [1.165, 1.54) is 0 Å². The number of benzene rings is 2. The Morgan fingerprint density at radius 3 is 2.50 bits per heavy atom. The number of nitriles is 1. The Bertz CT molecular complexity index is 1060. The summed E-state index contributed by atoms with van der Waals surface area (Å²) in [7, 11) is 4.28. The van der Waals surface area contributed by atoms with Crippen LogP contribution in [0.5, 0.6) is 0 Å². The fraction of sp³-hybridized carbons (Fsp3) is 0.333. The number of hydrogen-bond acceptors (Lipinski definition) is 5. The van der Waals surface area contributed by atoms with Crippen LogP contribution in [0.25, 0.3) is 10.9 Å². The first-order valence-electron chi connectivity index (χ1n) is 10.3. The molecule has 30 heavy (non-hydrogen) atoms. The number of nitrogens with one attached hydrogen (secondary N) is 1. The average Bonchev–Trinajstić information content (AvgIpc) is 2.77. The van der Waals surface area contributed by atoms with E-state index >= 15 is 0 Å². The molecular formula is C24H26ClN5. The minimum Gasteiger partial charge on any atom is -0.370 e. The van der Waals surface area contributed by atoms with Crippen molar-refractivity contribution in [1.29, 1.82) is 5.26 Å². The van der Waals surface area contributed by atoms with Crippen LogP contribution in [0, 0.1) is 11.3 Å². The lowest BCUT2D eigenvalue weighted by Gasteiger charge is -2.37. The van der Waals surface area contributed by atoms with Gasteiger partial charge in [-0.25, -0.2) is 4.98 Å². The Morgan fingerprint density at radius 2 is 1.83 bits per heavy atom. The first-order chi connectivity index (χ1) is 14.6. The lowest BCUT2D eigenvalue weighted by molar-refractivity contribution is 0.250. The summed E-state index contributed by atoms with van der Waals surface area (Å²) in [6.07, 6.45) is 2.17. The van der Waals surface area contributed by atoms with E-state index in [0.717, 1.165) is 48.1 Å². The molecule has 4 rings (SSSR count). The topological polar surface area (TPSA) is 55.2 Å². The molecule has 1 aromatic heterocycles. The number of nitrogens with zero attached hydrogens (tertiary/aromatic N) is 4. The van der Waals surface area contributed by atoms with Crippen molar-refractivity contribution in [3.05, 3.63) is 64.7 Å². The predicted molar refractivity (Wildman–Crippen MR) is 124 cm³/mol. The molecule has 0 unspecified atom stereocenters. The molecule has 0 saturated carbocycles. The summed E-state index contributed by atoms with van der Waals surface area (Å²) in [6, 6.07) is 18.8. The molecule has 0 atom stereocenters. The van der Waals surface area contributed by atoms with Crippen molar-refractivity contribution in [3.63, 3.8) is 0 Å². The van der Waals surface area contributed by atoms with Gasteiger partial charge in [0.05, 0.1) is 11.2 Å². The summed E-state index contributed by atoms with van der Waals surface area (Å²) in [5, 5.41) is 15.2. The van der Waals surface area contributed by atoms with Gasteiger partial charge in [0.25, 0.3) is 0 Å². The van der Waals surface area contributed by atoms with Crippen molar-refractivity contribution >= 4 is 34.0 Å². The van der Waals surface area contributed by atoms with E-state index in [9.17, 15) is 5.26 Å². The van der Waals surface area contributed by atoms with Gasteiger partial charge in [-0.3, -0.25) is 0 Å². The largest absolute Gasteiger partial charge is 0.370 e. The molecule has 2 heterocycles. The quantitative estimate of drug-likeness (QED) is 0.637. The molecule has 1 aliphatic heterocycles. The minimum atomic E-state index is 0.583. The second kappa shape index (κ2) is 8.91. The van der Waals surface area contributed by atoms with E-state index in [2.05, 4.69) is 41.3 Å². The molecule has 154 valence electrons. The number of halogens is 1. The van der Waals surface area contributed by atoms with E-state index in [0.29, 0.717) is 29.0 Å². The van der Waals surface area contributed by atoms with Crippen molar-refractivity contribution in [2.75, 3.05) is 37.4 Å². The fourth-order valence-electron chi connectivity index (χ4n) is 4.15. The van der Waals surface area contributed by atoms with Crippen LogP contribution in [-0.2, 0) is 6.54 Å². The highest BCUT2D eigenvalue weighted by Gasteiger charge is 2.25. The maximum atomic E-state index is 10.1. The summed E-state index contributed by atoms with van der Waals surface area (Å²) in [5.74, 6) is 0.635. The molecule has 1 aliphatic rings. The third-order valence-corrected chi connectivity index (χ3v) is 6.11. The van der Waals surface area contributed by atoms with Crippen molar-refractivity contribution in [1.82, 2.24) is 9.88 Å². The highest BCUT2D eigenvalue weighted by atomic mass is 35.5. The van der Waals surface area contributed by atoms with Crippen molar-refractivity contribution in [3.8, 4) is 6.07 Å². The van der Waals surface area contributed by atoms with Crippen LogP contribution in [0.4, 0.5) is 11.5 Å². The van der Waals surface area contributed by atoms with Crippen LogP contribution in [0.2, 0.25) is 5.02 Å². The molecule has 1 saturated heterocycles. The van der Waals surface area contributed by atoms with Gasteiger partial charge in [-0.05, 0) is 50.7 Å². The highest BCUT2D eigenvalue weighted by molar-refractivity contribution is 6.30.